The van der Waals surface area contributed by atoms with Crippen LogP contribution in [0.15, 0.2) is 23.1 Å². The van der Waals surface area contributed by atoms with E-state index in [1.807, 2.05) is 6.07 Å². The highest BCUT2D eigenvalue weighted by Crippen LogP contribution is 2.28. The Morgan fingerprint density at radius 3 is 2.71 bits per heavy atom. The van der Waals surface area contributed by atoms with Gasteiger partial charge in [-0.05, 0) is 43.5 Å². The highest BCUT2D eigenvalue weighted by Gasteiger charge is 2.31. The van der Waals surface area contributed by atoms with E-state index in [9.17, 15) is 8.42 Å². The lowest BCUT2D eigenvalue weighted by Gasteiger charge is -2.19. The summed E-state index contributed by atoms with van der Waals surface area (Å²) >= 11 is 5.95. The molecular formula is C13H17Cl2N3O2S. The van der Waals surface area contributed by atoms with Crippen LogP contribution in [0.4, 0.5) is 0 Å². The third-order valence-corrected chi connectivity index (χ3v) is 5.59. The largest absolute Gasteiger partial charge is 0.330 e. The molecule has 1 aromatic carbocycles. The SMILES string of the molecule is Cl.N#Cc1ccc(S(=O)(=O)NC2CCCC2CN)c(Cl)c1. The average molecular weight is 350 g/mol. The Labute approximate surface area is 135 Å². The Balaban J connectivity index is 0.00000220. The van der Waals surface area contributed by atoms with Crippen molar-refractivity contribution in [3.05, 3.63) is 28.8 Å². The number of hydrogen-bond acceptors (Lipinski definition) is 4. The predicted octanol–water partition coefficient (Wildman–Crippen LogP) is 2.04. The van der Waals surface area contributed by atoms with E-state index in [1.54, 1.807) is 0 Å². The molecule has 0 aliphatic heterocycles. The fraction of sp³-hybridized carbons (Fsp3) is 0.462. The summed E-state index contributed by atoms with van der Waals surface area (Å²) in [4.78, 5) is 0.000776. The van der Waals surface area contributed by atoms with Gasteiger partial charge in [-0.1, -0.05) is 18.0 Å². The van der Waals surface area contributed by atoms with Gasteiger partial charge in [-0.2, -0.15) is 5.26 Å². The molecule has 5 nitrogen and oxygen atoms in total. The van der Waals surface area contributed by atoms with E-state index in [2.05, 4.69) is 4.72 Å². The van der Waals surface area contributed by atoms with Gasteiger partial charge in [0.1, 0.15) is 4.90 Å². The molecule has 1 aliphatic rings. The minimum atomic E-state index is -3.69. The normalized spacial score (nSPS) is 21.6. The maximum Gasteiger partial charge on any atom is 0.242 e. The summed E-state index contributed by atoms with van der Waals surface area (Å²) in [6, 6.07) is 5.93. The summed E-state index contributed by atoms with van der Waals surface area (Å²) in [6.45, 7) is 0.467. The zero-order chi connectivity index (χ0) is 14.8. The van der Waals surface area contributed by atoms with Gasteiger partial charge < -0.3 is 5.73 Å². The van der Waals surface area contributed by atoms with Crippen molar-refractivity contribution in [1.29, 1.82) is 5.26 Å². The van der Waals surface area contributed by atoms with Crippen LogP contribution in [-0.4, -0.2) is 21.0 Å². The van der Waals surface area contributed by atoms with Gasteiger partial charge in [-0.3, -0.25) is 0 Å². The molecule has 2 rings (SSSR count). The molecule has 1 saturated carbocycles. The van der Waals surface area contributed by atoms with Crippen molar-refractivity contribution in [2.45, 2.75) is 30.2 Å². The van der Waals surface area contributed by atoms with E-state index >= 15 is 0 Å². The molecule has 1 fully saturated rings. The summed E-state index contributed by atoms with van der Waals surface area (Å²) in [6.07, 6.45) is 2.69. The molecule has 0 bridgehead atoms. The third-order valence-electron chi connectivity index (χ3n) is 3.62. The lowest BCUT2D eigenvalue weighted by molar-refractivity contribution is 0.453. The summed E-state index contributed by atoms with van der Waals surface area (Å²) in [5.41, 5.74) is 5.98. The molecule has 1 aromatic rings. The summed E-state index contributed by atoms with van der Waals surface area (Å²) in [7, 11) is -3.69. The number of nitriles is 1. The van der Waals surface area contributed by atoms with Crippen molar-refractivity contribution >= 4 is 34.0 Å². The number of nitrogens with zero attached hydrogens (tertiary/aromatic N) is 1. The molecule has 1 aliphatic carbocycles. The van der Waals surface area contributed by atoms with E-state index in [0.717, 1.165) is 19.3 Å². The molecule has 8 heteroatoms. The van der Waals surface area contributed by atoms with E-state index in [1.165, 1.54) is 18.2 Å². The predicted molar refractivity (Wildman–Crippen MR) is 83.9 cm³/mol. The van der Waals surface area contributed by atoms with Gasteiger partial charge in [0.2, 0.25) is 10.0 Å². The number of hydrogen-bond donors (Lipinski definition) is 2. The molecule has 0 radical (unpaired) electrons. The fourth-order valence-corrected chi connectivity index (χ4v) is 4.41. The smallest absolute Gasteiger partial charge is 0.242 e. The number of halogens is 2. The molecule has 2 atom stereocenters. The molecule has 0 heterocycles. The Bertz CT molecular complexity index is 643. The lowest BCUT2D eigenvalue weighted by atomic mass is 10.1. The van der Waals surface area contributed by atoms with Crippen LogP contribution in [0.3, 0.4) is 0 Å². The van der Waals surface area contributed by atoms with Crippen LogP contribution in [0.2, 0.25) is 5.02 Å². The van der Waals surface area contributed by atoms with E-state index in [-0.39, 0.29) is 34.3 Å². The summed E-state index contributed by atoms with van der Waals surface area (Å²) in [5, 5.41) is 8.82. The lowest BCUT2D eigenvalue weighted by Crippen LogP contribution is -2.39. The van der Waals surface area contributed by atoms with Gasteiger partial charge in [0.15, 0.2) is 0 Å². The monoisotopic (exact) mass is 349 g/mol. The molecule has 3 N–H and O–H groups in total. The fourth-order valence-electron chi connectivity index (χ4n) is 2.53. The maximum absolute atomic E-state index is 12.4. The first-order chi connectivity index (χ1) is 9.47. The van der Waals surface area contributed by atoms with Crippen molar-refractivity contribution in [2.24, 2.45) is 11.7 Å². The van der Waals surface area contributed by atoms with Crippen LogP contribution in [0.25, 0.3) is 0 Å². The van der Waals surface area contributed by atoms with Gasteiger partial charge in [-0.25, -0.2) is 13.1 Å². The topological polar surface area (TPSA) is 96.0 Å². The maximum atomic E-state index is 12.4. The molecule has 0 saturated heterocycles. The number of nitrogens with two attached hydrogens (primary N) is 1. The first kappa shape index (κ1) is 18.2. The Morgan fingerprint density at radius 2 is 2.14 bits per heavy atom. The summed E-state index contributed by atoms with van der Waals surface area (Å²) in [5.74, 6) is 0.168. The molecule has 21 heavy (non-hydrogen) atoms. The van der Waals surface area contributed by atoms with Crippen molar-refractivity contribution in [3.8, 4) is 6.07 Å². The van der Waals surface area contributed by atoms with Crippen LogP contribution < -0.4 is 10.5 Å². The van der Waals surface area contributed by atoms with E-state index < -0.39 is 10.0 Å². The zero-order valence-corrected chi connectivity index (χ0v) is 13.6. The Kier molecular flexibility index (Phi) is 6.44. The standard InChI is InChI=1S/C13H16ClN3O2S.ClH/c14-11-6-9(7-15)4-5-13(11)20(18,19)17-12-3-1-2-10(12)8-16;/h4-6,10,12,17H,1-3,8,16H2;1H. The van der Waals surface area contributed by atoms with Crippen molar-refractivity contribution in [3.63, 3.8) is 0 Å². The highest BCUT2D eigenvalue weighted by atomic mass is 35.5. The Morgan fingerprint density at radius 1 is 1.43 bits per heavy atom. The molecule has 0 spiro atoms. The van der Waals surface area contributed by atoms with Crippen LogP contribution in [0.1, 0.15) is 24.8 Å². The molecular weight excluding hydrogens is 333 g/mol. The van der Waals surface area contributed by atoms with Gasteiger partial charge in [0.25, 0.3) is 0 Å². The number of sulfonamides is 1. The third kappa shape index (κ3) is 4.09. The molecule has 2 unspecified atom stereocenters. The van der Waals surface area contributed by atoms with Crippen molar-refractivity contribution in [1.82, 2.24) is 4.72 Å². The minimum Gasteiger partial charge on any atom is -0.330 e. The second-order valence-electron chi connectivity index (χ2n) is 4.91. The first-order valence-electron chi connectivity index (χ1n) is 6.40. The van der Waals surface area contributed by atoms with Crippen molar-refractivity contribution in [2.75, 3.05) is 6.54 Å². The second-order valence-corrected chi connectivity index (χ2v) is 7.00. The first-order valence-corrected chi connectivity index (χ1v) is 8.26. The number of rotatable bonds is 4. The van der Waals surface area contributed by atoms with E-state index in [4.69, 9.17) is 22.6 Å². The molecule has 116 valence electrons. The van der Waals surface area contributed by atoms with Crippen LogP contribution in [-0.2, 0) is 10.0 Å². The van der Waals surface area contributed by atoms with Gasteiger partial charge >= 0.3 is 0 Å². The quantitative estimate of drug-likeness (QED) is 0.869. The number of benzene rings is 1. The van der Waals surface area contributed by atoms with Gasteiger partial charge in [-0.15, -0.1) is 12.4 Å². The van der Waals surface area contributed by atoms with Crippen LogP contribution in [0, 0.1) is 17.2 Å². The van der Waals surface area contributed by atoms with Crippen molar-refractivity contribution < 1.29 is 8.42 Å². The van der Waals surface area contributed by atoms with Crippen LogP contribution >= 0.6 is 24.0 Å². The minimum absolute atomic E-state index is 0. The van der Waals surface area contributed by atoms with Gasteiger partial charge in [0, 0.05) is 6.04 Å². The van der Waals surface area contributed by atoms with E-state index in [0.29, 0.717) is 12.1 Å². The second kappa shape index (κ2) is 7.43. The molecule has 0 aromatic heterocycles. The molecule has 0 amide bonds. The van der Waals surface area contributed by atoms with Crippen LogP contribution in [0.5, 0.6) is 0 Å². The van der Waals surface area contributed by atoms with Gasteiger partial charge in [0.05, 0.1) is 16.7 Å². The Hall–Kier alpha value is -0.840. The zero-order valence-electron chi connectivity index (χ0n) is 11.3. The number of nitrogens with one attached hydrogen (secondary N) is 1. The summed E-state index contributed by atoms with van der Waals surface area (Å²) < 4.78 is 27.4. The average Bonchev–Trinajstić information content (AvgIpc) is 2.84. The highest BCUT2D eigenvalue weighted by molar-refractivity contribution is 7.89.